The molecule has 3 amide bonds. The first-order chi connectivity index (χ1) is 12.1. The molecule has 0 fully saturated rings. The van der Waals surface area contributed by atoms with E-state index in [1.54, 1.807) is 42.6 Å². The number of benzene rings is 1. The van der Waals surface area contributed by atoms with Gasteiger partial charge in [-0.25, -0.2) is 0 Å². The first-order valence-electron chi connectivity index (χ1n) is 7.47. The fourth-order valence-electron chi connectivity index (χ4n) is 2.20. The molecule has 0 aliphatic heterocycles. The summed E-state index contributed by atoms with van der Waals surface area (Å²) in [6.07, 6.45) is 2.00. The van der Waals surface area contributed by atoms with Crippen molar-refractivity contribution in [2.45, 2.75) is 6.04 Å². The van der Waals surface area contributed by atoms with Crippen LogP contribution >= 0.6 is 11.6 Å². The molecule has 1 heterocycles. The molecule has 130 valence electrons. The van der Waals surface area contributed by atoms with Crippen molar-refractivity contribution in [3.63, 3.8) is 0 Å². The lowest BCUT2D eigenvalue weighted by molar-refractivity contribution is -0.124. The minimum Gasteiger partial charge on any atom is -0.357 e. The quantitative estimate of drug-likeness (QED) is 0.641. The highest BCUT2D eigenvalue weighted by atomic mass is 35.5. The van der Waals surface area contributed by atoms with E-state index in [2.05, 4.69) is 20.9 Å². The molecular formula is C17H17ClN4O3. The molecule has 8 heteroatoms. The van der Waals surface area contributed by atoms with Crippen LogP contribution in [0.4, 0.5) is 0 Å². The molecule has 0 radical (unpaired) electrons. The molecule has 0 aliphatic rings. The van der Waals surface area contributed by atoms with Crippen LogP contribution in [0.3, 0.4) is 0 Å². The number of hydrogen-bond donors (Lipinski definition) is 3. The molecule has 7 nitrogen and oxygen atoms in total. The van der Waals surface area contributed by atoms with Crippen LogP contribution in [-0.2, 0) is 9.59 Å². The van der Waals surface area contributed by atoms with E-state index in [-0.39, 0.29) is 6.54 Å². The van der Waals surface area contributed by atoms with Crippen LogP contribution < -0.4 is 16.0 Å². The van der Waals surface area contributed by atoms with Gasteiger partial charge in [0.2, 0.25) is 12.3 Å². The molecule has 0 aliphatic carbocycles. The van der Waals surface area contributed by atoms with Gasteiger partial charge in [-0.15, -0.1) is 0 Å². The molecule has 25 heavy (non-hydrogen) atoms. The van der Waals surface area contributed by atoms with E-state index in [0.29, 0.717) is 22.7 Å². The number of halogens is 1. The third-order valence-electron chi connectivity index (χ3n) is 3.47. The van der Waals surface area contributed by atoms with Gasteiger partial charge in [0, 0.05) is 30.4 Å². The summed E-state index contributed by atoms with van der Waals surface area (Å²) in [7, 11) is 1.45. The van der Waals surface area contributed by atoms with Crippen molar-refractivity contribution in [2.75, 3.05) is 13.6 Å². The molecule has 1 atom stereocenters. The van der Waals surface area contributed by atoms with E-state index in [0.717, 1.165) is 5.56 Å². The topological polar surface area (TPSA) is 100 Å². The lowest BCUT2D eigenvalue weighted by Crippen LogP contribution is -2.49. The number of rotatable bonds is 7. The van der Waals surface area contributed by atoms with Gasteiger partial charge in [-0.05, 0) is 24.3 Å². The molecule has 0 spiro atoms. The SMILES string of the molecule is CNC(=O)[C@@H](CNC(=O)c1cccnc1-c1ccc(Cl)cc1)NC=O. The zero-order valence-corrected chi connectivity index (χ0v) is 14.2. The molecule has 0 unspecified atom stereocenters. The molecule has 3 N–H and O–H groups in total. The Labute approximate surface area is 149 Å². The van der Waals surface area contributed by atoms with Crippen LogP contribution in [0.5, 0.6) is 0 Å². The lowest BCUT2D eigenvalue weighted by atomic mass is 10.1. The average Bonchev–Trinajstić information content (AvgIpc) is 2.65. The second kappa shape index (κ2) is 8.79. The normalized spacial score (nSPS) is 11.3. The smallest absolute Gasteiger partial charge is 0.253 e. The Morgan fingerprint density at radius 1 is 1.24 bits per heavy atom. The van der Waals surface area contributed by atoms with Gasteiger partial charge in [-0.3, -0.25) is 19.4 Å². The third-order valence-corrected chi connectivity index (χ3v) is 3.72. The maximum atomic E-state index is 12.5. The summed E-state index contributed by atoms with van der Waals surface area (Å²) < 4.78 is 0. The molecule has 2 aromatic rings. The molecule has 0 saturated heterocycles. The second-order valence-corrected chi connectivity index (χ2v) is 5.50. The molecule has 2 rings (SSSR count). The van der Waals surface area contributed by atoms with Gasteiger partial charge in [-0.1, -0.05) is 23.7 Å². The van der Waals surface area contributed by atoms with E-state index >= 15 is 0 Å². The van der Waals surface area contributed by atoms with Crippen molar-refractivity contribution < 1.29 is 14.4 Å². The fourth-order valence-corrected chi connectivity index (χ4v) is 2.33. The number of amides is 3. The zero-order valence-electron chi connectivity index (χ0n) is 13.5. The molecule has 1 aromatic carbocycles. The van der Waals surface area contributed by atoms with E-state index in [9.17, 15) is 14.4 Å². The van der Waals surface area contributed by atoms with Crippen molar-refractivity contribution in [3.8, 4) is 11.3 Å². The Hall–Kier alpha value is -2.93. The third kappa shape index (κ3) is 4.77. The highest BCUT2D eigenvalue weighted by Crippen LogP contribution is 2.22. The van der Waals surface area contributed by atoms with Gasteiger partial charge in [-0.2, -0.15) is 0 Å². The number of nitrogens with zero attached hydrogens (tertiary/aromatic N) is 1. The number of aromatic nitrogens is 1. The summed E-state index contributed by atoms with van der Waals surface area (Å²) >= 11 is 5.89. The van der Waals surface area contributed by atoms with Crippen LogP contribution in [-0.4, -0.2) is 42.8 Å². The predicted molar refractivity (Wildman–Crippen MR) is 94.1 cm³/mol. The maximum Gasteiger partial charge on any atom is 0.253 e. The maximum absolute atomic E-state index is 12.5. The number of nitrogens with one attached hydrogen (secondary N) is 3. The van der Waals surface area contributed by atoms with Crippen molar-refractivity contribution in [3.05, 3.63) is 53.2 Å². The van der Waals surface area contributed by atoms with Gasteiger partial charge in [0.05, 0.1) is 11.3 Å². The first-order valence-corrected chi connectivity index (χ1v) is 7.85. The predicted octanol–water partition coefficient (Wildman–Crippen LogP) is 0.992. The summed E-state index contributed by atoms with van der Waals surface area (Å²) in [6.45, 7) is -0.0494. The van der Waals surface area contributed by atoms with Gasteiger partial charge in [0.15, 0.2) is 0 Å². The molecular weight excluding hydrogens is 344 g/mol. The summed E-state index contributed by atoms with van der Waals surface area (Å²) in [5.74, 6) is -0.809. The fraction of sp³-hybridized carbons (Fsp3) is 0.176. The number of hydrogen-bond acceptors (Lipinski definition) is 4. The Balaban J connectivity index is 2.18. The highest BCUT2D eigenvalue weighted by Gasteiger charge is 2.19. The summed E-state index contributed by atoms with van der Waals surface area (Å²) in [5, 5.41) is 7.99. The van der Waals surface area contributed by atoms with Crippen molar-refractivity contribution >= 4 is 29.8 Å². The minimum atomic E-state index is -0.859. The zero-order chi connectivity index (χ0) is 18.2. The van der Waals surface area contributed by atoms with Gasteiger partial charge < -0.3 is 16.0 Å². The summed E-state index contributed by atoms with van der Waals surface area (Å²) in [6, 6.07) is 9.38. The van der Waals surface area contributed by atoms with Crippen molar-refractivity contribution in [1.82, 2.24) is 20.9 Å². The Bertz CT molecular complexity index is 765. The first kappa shape index (κ1) is 18.4. The summed E-state index contributed by atoms with van der Waals surface area (Å²) in [5.41, 5.74) is 1.59. The molecule has 0 bridgehead atoms. The standard InChI is InChI=1S/C17H17ClN4O3/c1-19-17(25)14(22-10-23)9-21-16(24)13-3-2-8-20-15(13)11-4-6-12(18)7-5-11/h2-8,10,14H,9H2,1H3,(H,19,25)(H,21,24)(H,22,23)/t14-/m1/s1. The van der Waals surface area contributed by atoms with Gasteiger partial charge in [0.1, 0.15) is 6.04 Å². The molecule has 1 aromatic heterocycles. The van der Waals surface area contributed by atoms with E-state index in [4.69, 9.17) is 11.6 Å². The monoisotopic (exact) mass is 360 g/mol. The van der Waals surface area contributed by atoms with Crippen molar-refractivity contribution in [1.29, 1.82) is 0 Å². The van der Waals surface area contributed by atoms with Crippen LogP contribution in [0.2, 0.25) is 5.02 Å². The van der Waals surface area contributed by atoms with Crippen LogP contribution in [0.1, 0.15) is 10.4 Å². The van der Waals surface area contributed by atoms with Crippen LogP contribution in [0.25, 0.3) is 11.3 Å². The summed E-state index contributed by atoms with van der Waals surface area (Å²) in [4.78, 5) is 39.0. The van der Waals surface area contributed by atoms with Gasteiger partial charge >= 0.3 is 0 Å². The Morgan fingerprint density at radius 2 is 1.96 bits per heavy atom. The van der Waals surface area contributed by atoms with E-state index < -0.39 is 17.9 Å². The van der Waals surface area contributed by atoms with E-state index in [1.807, 2.05) is 0 Å². The minimum absolute atomic E-state index is 0.0494. The van der Waals surface area contributed by atoms with E-state index in [1.165, 1.54) is 7.05 Å². The Morgan fingerprint density at radius 3 is 2.60 bits per heavy atom. The number of likely N-dealkylation sites (N-methyl/N-ethyl adjacent to an activating group) is 1. The van der Waals surface area contributed by atoms with Crippen molar-refractivity contribution in [2.24, 2.45) is 0 Å². The largest absolute Gasteiger partial charge is 0.357 e. The number of pyridine rings is 1. The van der Waals surface area contributed by atoms with Gasteiger partial charge in [0.25, 0.3) is 5.91 Å². The second-order valence-electron chi connectivity index (χ2n) is 5.07. The highest BCUT2D eigenvalue weighted by molar-refractivity contribution is 6.30. The van der Waals surface area contributed by atoms with Crippen LogP contribution in [0.15, 0.2) is 42.6 Å². The average molecular weight is 361 g/mol. The van der Waals surface area contributed by atoms with Crippen LogP contribution in [0, 0.1) is 0 Å². The number of carbonyl (C=O) groups is 3. The molecule has 0 saturated carbocycles. The number of carbonyl (C=O) groups excluding carboxylic acids is 3. The Kier molecular flexibility index (Phi) is 6.47. The lowest BCUT2D eigenvalue weighted by Gasteiger charge is -2.16.